The standard InChI is InChI=1S/C10H18N6O2S/c1-7-6-19(17,18)5-4-16(7)10-13-8(11)12-9(14-10)15(2)3/h7H,4-6H2,1-3H3,(H2,11,12,13,14). The largest absolute Gasteiger partial charge is 0.368 e. The van der Waals surface area contributed by atoms with Crippen molar-refractivity contribution in [1.29, 1.82) is 0 Å². The smallest absolute Gasteiger partial charge is 0.232 e. The van der Waals surface area contributed by atoms with Crippen molar-refractivity contribution in [2.24, 2.45) is 0 Å². The second-order valence-electron chi connectivity index (χ2n) is 4.84. The van der Waals surface area contributed by atoms with E-state index in [2.05, 4.69) is 15.0 Å². The Bertz CT molecular complexity index is 573. The number of rotatable bonds is 2. The van der Waals surface area contributed by atoms with Crippen LogP contribution in [0, 0.1) is 0 Å². The maximum atomic E-state index is 11.6. The highest BCUT2D eigenvalue weighted by molar-refractivity contribution is 7.91. The fourth-order valence-electron chi connectivity index (χ4n) is 1.99. The number of nitrogens with zero attached hydrogens (tertiary/aromatic N) is 5. The summed E-state index contributed by atoms with van der Waals surface area (Å²) in [6.07, 6.45) is 0. The van der Waals surface area contributed by atoms with E-state index in [0.717, 1.165) is 0 Å². The van der Waals surface area contributed by atoms with Crippen LogP contribution in [-0.4, -0.2) is 61.6 Å². The van der Waals surface area contributed by atoms with Gasteiger partial charge in [0.15, 0.2) is 9.84 Å². The zero-order valence-corrected chi connectivity index (χ0v) is 12.1. The average Bonchev–Trinajstić information content (AvgIpc) is 2.26. The average molecular weight is 286 g/mol. The number of aromatic nitrogens is 3. The van der Waals surface area contributed by atoms with Crippen molar-refractivity contribution in [3.8, 4) is 0 Å². The topological polar surface area (TPSA) is 105 Å². The first-order valence-electron chi connectivity index (χ1n) is 5.94. The first-order chi connectivity index (χ1) is 8.78. The number of anilines is 3. The van der Waals surface area contributed by atoms with Crippen molar-refractivity contribution in [2.75, 3.05) is 47.7 Å². The molecule has 1 aliphatic rings. The molecule has 2 N–H and O–H groups in total. The number of hydrogen-bond donors (Lipinski definition) is 1. The van der Waals surface area contributed by atoms with Crippen LogP contribution < -0.4 is 15.5 Å². The summed E-state index contributed by atoms with van der Waals surface area (Å²) < 4.78 is 23.1. The molecule has 1 aromatic rings. The molecular weight excluding hydrogens is 268 g/mol. The normalized spacial score (nSPS) is 22.3. The van der Waals surface area contributed by atoms with E-state index in [-0.39, 0.29) is 23.5 Å². The number of hydrogen-bond acceptors (Lipinski definition) is 8. The van der Waals surface area contributed by atoms with Gasteiger partial charge in [-0.05, 0) is 6.92 Å². The van der Waals surface area contributed by atoms with Crippen LogP contribution in [0.2, 0.25) is 0 Å². The molecule has 1 atom stereocenters. The van der Waals surface area contributed by atoms with E-state index in [4.69, 9.17) is 5.73 Å². The Hall–Kier alpha value is -1.64. The SMILES string of the molecule is CC1CS(=O)(=O)CCN1c1nc(N)nc(N(C)C)n1. The van der Waals surface area contributed by atoms with Crippen molar-refractivity contribution >= 4 is 27.7 Å². The number of sulfone groups is 1. The van der Waals surface area contributed by atoms with Crippen LogP contribution in [0.5, 0.6) is 0 Å². The number of nitrogen functional groups attached to an aromatic ring is 1. The predicted molar refractivity (Wildman–Crippen MR) is 74.0 cm³/mol. The van der Waals surface area contributed by atoms with Crippen LogP contribution >= 0.6 is 0 Å². The van der Waals surface area contributed by atoms with Gasteiger partial charge in [-0.3, -0.25) is 0 Å². The molecule has 1 aromatic heterocycles. The van der Waals surface area contributed by atoms with Crippen molar-refractivity contribution in [3.63, 3.8) is 0 Å². The van der Waals surface area contributed by atoms with Gasteiger partial charge in [-0.25, -0.2) is 8.42 Å². The maximum Gasteiger partial charge on any atom is 0.232 e. The van der Waals surface area contributed by atoms with Crippen LogP contribution in [0.4, 0.5) is 17.8 Å². The summed E-state index contributed by atoms with van der Waals surface area (Å²) in [5.41, 5.74) is 5.67. The molecule has 1 unspecified atom stereocenters. The van der Waals surface area contributed by atoms with Gasteiger partial charge >= 0.3 is 0 Å². The summed E-state index contributed by atoms with van der Waals surface area (Å²) >= 11 is 0. The van der Waals surface area contributed by atoms with Crippen molar-refractivity contribution < 1.29 is 8.42 Å². The molecule has 0 saturated carbocycles. The molecule has 106 valence electrons. The van der Waals surface area contributed by atoms with Crippen LogP contribution in [0.25, 0.3) is 0 Å². The molecule has 1 fully saturated rings. The summed E-state index contributed by atoms with van der Waals surface area (Å²) in [7, 11) is 0.652. The minimum atomic E-state index is -2.96. The summed E-state index contributed by atoms with van der Waals surface area (Å²) in [5.74, 6) is 1.24. The first kappa shape index (κ1) is 13.8. The molecule has 0 spiro atoms. The minimum absolute atomic E-state index is 0.107. The van der Waals surface area contributed by atoms with Gasteiger partial charge in [-0.15, -0.1) is 0 Å². The van der Waals surface area contributed by atoms with Crippen molar-refractivity contribution in [3.05, 3.63) is 0 Å². The van der Waals surface area contributed by atoms with Gasteiger partial charge < -0.3 is 15.5 Å². The van der Waals surface area contributed by atoms with Crippen LogP contribution in [-0.2, 0) is 9.84 Å². The van der Waals surface area contributed by atoms with E-state index in [9.17, 15) is 8.42 Å². The Kier molecular flexibility index (Phi) is 3.48. The van der Waals surface area contributed by atoms with Gasteiger partial charge in [-0.1, -0.05) is 0 Å². The monoisotopic (exact) mass is 286 g/mol. The fraction of sp³-hybridized carbons (Fsp3) is 0.700. The van der Waals surface area contributed by atoms with Gasteiger partial charge in [0.2, 0.25) is 17.8 Å². The van der Waals surface area contributed by atoms with Gasteiger partial charge in [0.25, 0.3) is 0 Å². The predicted octanol–water partition coefficient (Wildman–Crippen LogP) is -0.857. The molecule has 2 heterocycles. The molecule has 8 nitrogen and oxygen atoms in total. The van der Waals surface area contributed by atoms with E-state index in [1.807, 2.05) is 25.9 Å². The molecule has 0 aliphatic carbocycles. The molecule has 0 amide bonds. The lowest BCUT2D eigenvalue weighted by Crippen LogP contribution is -2.47. The third-order valence-electron chi connectivity index (χ3n) is 2.96. The molecule has 1 saturated heterocycles. The molecular formula is C10H18N6O2S. The third-order valence-corrected chi connectivity index (χ3v) is 4.75. The van der Waals surface area contributed by atoms with Crippen LogP contribution in [0.1, 0.15) is 6.92 Å². The highest BCUT2D eigenvalue weighted by atomic mass is 32.2. The summed E-state index contributed by atoms with van der Waals surface area (Å²) in [6, 6.07) is -0.171. The quantitative estimate of drug-likeness (QED) is 0.749. The molecule has 2 rings (SSSR count). The first-order valence-corrected chi connectivity index (χ1v) is 7.76. The highest BCUT2D eigenvalue weighted by Gasteiger charge is 2.30. The lowest BCUT2D eigenvalue weighted by atomic mass is 10.3. The molecule has 0 bridgehead atoms. The van der Waals surface area contributed by atoms with Gasteiger partial charge in [0.1, 0.15) is 0 Å². The van der Waals surface area contributed by atoms with E-state index in [1.165, 1.54) is 0 Å². The second-order valence-corrected chi connectivity index (χ2v) is 7.07. The zero-order chi connectivity index (χ0) is 14.2. The summed E-state index contributed by atoms with van der Waals surface area (Å²) in [4.78, 5) is 16.0. The van der Waals surface area contributed by atoms with Crippen LogP contribution in [0.3, 0.4) is 0 Å². The third kappa shape index (κ3) is 3.03. The van der Waals surface area contributed by atoms with Gasteiger partial charge in [0.05, 0.1) is 11.5 Å². The molecule has 1 aliphatic heterocycles. The molecule has 0 radical (unpaired) electrons. The Morgan fingerprint density at radius 1 is 1.32 bits per heavy atom. The van der Waals surface area contributed by atoms with E-state index in [0.29, 0.717) is 18.4 Å². The lowest BCUT2D eigenvalue weighted by Gasteiger charge is -2.33. The second kappa shape index (κ2) is 4.80. The van der Waals surface area contributed by atoms with E-state index in [1.54, 1.807) is 4.90 Å². The zero-order valence-electron chi connectivity index (χ0n) is 11.2. The fourth-order valence-corrected chi connectivity index (χ4v) is 3.55. The van der Waals surface area contributed by atoms with Crippen molar-refractivity contribution in [2.45, 2.75) is 13.0 Å². The van der Waals surface area contributed by atoms with E-state index < -0.39 is 9.84 Å². The summed E-state index contributed by atoms with van der Waals surface area (Å²) in [6.45, 7) is 2.21. The minimum Gasteiger partial charge on any atom is -0.368 e. The Balaban J connectivity index is 2.32. The summed E-state index contributed by atoms with van der Waals surface area (Å²) in [5, 5.41) is 0. The Morgan fingerprint density at radius 2 is 2.00 bits per heavy atom. The molecule has 9 heteroatoms. The molecule has 0 aromatic carbocycles. The lowest BCUT2D eigenvalue weighted by molar-refractivity contribution is 0.564. The van der Waals surface area contributed by atoms with Gasteiger partial charge in [-0.2, -0.15) is 15.0 Å². The number of nitrogens with two attached hydrogens (primary N) is 1. The Labute approximate surface area is 112 Å². The molecule has 19 heavy (non-hydrogen) atoms. The van der Waals surface area contributed by atoms with Crippen LogP contribution in [0.15, 0.2) is 0 Å². The van der Waals surface area contributed by atoms with E-state index >= 15 is 0 Å². The van der Waals surface area contributed by atoms with Crippen molar-refractivity contribution in [1.82, 2.24) is 15.0 Å². The highest BCUT2D eigenvalue weighted by Crippen LogP contribution is 2.20. The maximum absolute atomic E-state index is 11.6. The van der Waals surface area contributed by atoms with Gasteiger partial charge in [0, 0.05) is 26.7 Å². The Morgan fingerprint density at radius 3 is 2.58 bits per heavy atom.